The molecular formula is C30H25N3O4. The highest BCUT2D eigenvalue weighted by Gasteiger charge is 2.15. The molecule has 0 spiro atoms. The van der Waals surface area contributed by atoms with Crippen LogP contribution in [0.5, 0.6) is 5.75 Å². The highest BCUT2D eigenvalue weighted by atomic mass is 16.5. The molecule has 7 heteroatoms. The van der Waals surface area contributed by atoms with Gasteiger partial charge in [-0.3, -0.25) is 4.79 Å². The summed E-state index contributed by atoms with van der Waals surface area (Å²) < 4.78 is 5.92. The Bertz CT molecular complexity index is 1600. The van der Waals surface area contributed by atoms with Crippen molar-refractivity contribution >= 4 is 28.6 Å². The molecule has 5 rings (SSSR count). The van der Waals surface area contributed by atoms with Gasteiger partial charge in [-0.05, 0) is 65.6 Å². The maximum absolute atomic E-state index is 11.6. The smallest absolute Gasteiger partial charge is 0.337 e. The first-order chi connectivity index (χ1) is 17.9. The lowest BCUT2D eigenvalue weighted by Gasteiger charge is -2.09. The molecule has 0 bridgehead atoms. The summed E-state index contributed by atoms with van der Waals surface area (Å²) in [5.41, 5.74) is 6.86. The summed E-state index contributed by atoms with van der Waals surface area (Å²) in [7, 11) is 0. The predicted octanol–water partition coefficient (Wildman–Crippen LogP) is 6.44. The van der Waals surface area contributed by atoms with Gasteiger partial charge in [0, 0.05) is 18.2 Å². The third-order valence-electron chi connectivity index (χ3n) is 5.96. The van der Waals surface area contributed by atoms with Gasteiger partial charge in [0.25, 0.3) is 0 Å². The van der Waals surface area contributed by atoms with E-state index in [0.717, 1.165) is 39.3 Å². The number of carboxylic acids is 1. The van der Waals surface area contributed by atoms with Gasteiger partial charge in [0.2, 0.25) is 5.91 Å². The highest BCUT2D eigenvalue weighted by molar-refractivity contribution is 6.02. The molecule has 1 aromatic heterocycles. The van der Waals surface area contributed by atoms with E-state index in [1.165, 1.54) is 6.92 Å². The van der Waals surface area contributed by atoms with Crippen molar-refractivity contribution in [1.82, 2.24) is 9.97 Å². The number of carboxylic acid groups (broad SMARTS) is 1. The minimum Gasteiger partial charge on any atom is -0.489 e. The fraction of sp³-hybridized carbons (Fsp3) is 0.100. The molecule has 0 aliphatic carbocycles. The van der Waals surface area contributed by atoms with Gasteiger partial charge in [-0.15, -0.1) is 0 Å². The average molecular weight is 492 g/mol. The van der Waals surface area contributed by atoms with Crippen LogP contribution in [0, 0.1) is 6.92 Å². The third kappa shape index (κ3) is 5.36. The molecule has 3 N–H and O–H groups in total. The van der Waals surface area contributed by atoms with Gasteiger partial charge in [0.05, 0.1) is 11.1 Å². The van der Waals surface area contributed by atoms with Crippen LogP contribution in [0.15, 0.2) is 84.9 Å². The summed E-state index contributed by atoms with van der Waals surface area (Å²) >= 11 is 0. The van der Waals surface area contributed by atoms with Gasteiger partial charge < -0.3 is 20.1 Å². The van der Waals surface area contributed by atoms with E-state index in [1.54, 1.807) is 6.07 Å². The van der Waals surface area contributed by atoms with Crippen LogP contribution in [0.1, 0.15) is 28.4 Å². The lowest BCUT2D eigenvalue weighted by Crippen LogP contribution is -2.06. The number of fused-ring (bicyclic) bond motifs is 1. The first-order valence-electron chi connectivity index (χ1n) is 11.8. The Labute approximate surface area is 213 Å². The molecule has 0 aliphatic heterocycles. The van der Waals surface area contributed by atoms with Crippen molar-refractivity contribution in [2.75, 3.05) is 5.32 Å². The monoisotopic (exact) mass is 491 g/mol. The fourth-order valence-electron chi connectivity index (χ4n) is 4.23. The number of ether oxygens (including phenoxy) is 1. The largest absolute Gasteiger partial charge is 0.489 e. The molecular weight excluding hydrogens is 466 g/mol. The molecule has 0 atom stereocenters. The number of nitrogens with one attached hydrogen (secondary N) is 2. The van der Waals surface area contributed by atoms with E-state index in [2.05, 4.69) is 15.3 Å². The third-order valence-corrected chi connectivity index (χ3v) is 5.96. The number of imidazole rings is 1. The molecule has 0 saturated heterocycles. The van der Waals surface area contributed by atoms with E-state index < -0.39 is 5.97 Å². The van der Waals surface area contributed by atoms with Crippen molar-refractivity contribution in [3.63, 3.8) is 0 Å². The lowest BCUT2D eigenvalue weighted by atomic mass is 10.0. The molecule has 0 fully saturated rings. The zero-order chi connectivity index (χ0) is 25.9. The van der Waals surface area contributed by atoms with Crippen LogP contribution in [-0.4, -0.2) is 27.0 Å². The molecule has 0 aliphatic rings. The second-order valence-corrected chi connectivity index (χ2v) is 8.87. The zero-order valence-electron chi connectivity index (χ0n) is 20.4. The van der Waals surface area contributed by atoms with E-state index in [9.17, 15) is 14.7 Å². The van der Waals surface area contributed by atoms with Gasteiger partial charge in [0.1, 0.15) is 23.7 Å². The van der Waals surface area contributed by atoms with Gasteiger partial charge in [0.15, 0.2) is 0 Å². The molecule has 184 valence electrons. The lowest BCUT2D eigenvalue weighted by molar-refractivity contribution is -0.114. The summed E-state index contributed by atoms with van der Waals surface area (Å²) in [4.78, 5) is 30.7. The first-order valence-corrected chi connectivity index (χ1v) is 11.8. The Kier molecular flexibility index (Phi) is 6.43. The van der Waals surface area contributed by atoms with Crippen LogP contribution in [0.4, 0.5) is 5.69 Å². The number of aromatic amines is 1. The number of carbonyl (C=O) groups excluding carboxylic acids is 1. The number of aromatic nitrogens is 2. The Morgan fingerprint density at radius 3 is 2.27 bits per heavy atom. The normalized spacial score (nSPS) is 10.9. The van der Waals surface area contributed by atoms with Crippen LogP contribution in [0.2, 0.25) is 0 Å². The van der Waals surface area contributed by atoms with Crippen LogP contribution >= 0.6 is 0 Å². The number of aromatic carboxylic acids is 1. The second-order valence-electron chi connectivity index (χ2n) is 8.87. The fourth-order valence-corrected chi connectivity index (χ4v) is 4.23. The Hall–Kier alpha value is -4.91. The summed E-state index contributed by atoms with van der Waals surface area (Å²) in [6.45, 7) is 3.74. The number of H-pyrrole nitrogens is 1. The average Bonchev–Trinajstić information content (AvgIpc) is 3.31. The SMILES string of the molecule is CC(=O)Nc1cccc(COc2ccc(-c3ccc(-c4nc5c(C(=O)O)cc(C)cc5[nH]4)cc3)cc2)c1. The van der Waals surface area contributed by atoms with Crippen molar-refractivity contribution in [2.45, 2.75) is 20.5 Å². The summed E-state index contributed by atoms with van der Waals surface area (Å²) in [6, 6.07) is 26.9. The molecule has 5 aromatic rings. The zero-order valence-corrected chi connectivity index (χ0v) is 20.4. The van der Waals surface area contributed by atoms with Crippen LogP contribution in [0.25, 0.3) is 33.5 Å². The minimum absolute atomic E-state index is 0.110. The van der Waals surface area contributed by atoms with E-state index in [0.29, 0.717) is 23.5 Å². The standard InChI is InChI=1S/C30H25N3O4/c1-18-14-26(30(35)36)28-27(15-18)32-29(33-28)23-8-6-21(7-9-23)22-10-12-25(13-11-22)37-17-20-4-3-5-24(16-20)31-19(2)34/h3-16H,17H2,1-2H3,(H,31,34)(H,32,33)(H,35,36). The molecule has 1 heterocycles. The van der Waals surface area contributed by atoms with E-state index in [1.807, 2.05) is 85.8 Å². The van der Waals surface area contributed by atoms with E-state index in [-0.39, 0.29) is 11.5 Å². The van der Waals surface area contributed by atoms with Gasteiger partial charge in [-0.25, -0.2) is 9.78 Å². The number of anilines is 1. The molecule has 0 unspecified atom stereocenters. The molecule has 4 aromatic carbocycles. The molecule has 7 nitrogen and oxygen atoms in total. The maximum Gasteiger partial charge on any atom is 0.337 e. The van der Waals surface area contributed by atoms with Gasteiger partial charge in [-0.2, -0.15) is 0 Å². The molecule has 0 saturated carbocycles. The topological polar surface area (TPSA) is 104 Å². The van der Waals surface area contributed by atoms with Crippen LogP contribution in [0.3, 0.4) is 0 Å². The number of carbonyl (C=O) groups is 2. The van der Waals surface area contributed by atoms with E-state index >= 15 is 0 Å². The molecule has 37 heavy (non-hydrogen) atoms. The molecule has 0 radical (unpaired) electrons. The summed E-state index contributed by atoms with van der Waals surface area (Å²) in [5, 5.41) is 12.3. The highest BCUT2D eigenvalue weighted by Crippen LogP contribution is 2.28. The Morgan fingerprint density at radius 1 is 0.919 bits per heavy atom. The van der Waals surface area contributed by atoms with Crippen molar-refractivity contribution in [2.24, 2.45) is 0 Å². The number of benzene rings is 4. The quantitative estimate of drug-likeness (QED) is 0.243. The van der Waals surface area contributed by atoms with E-state index in [4.69, 9.17) is 4.74 Å². The number of hydrogen-bond acceptors (Lipinski definition) is 4. The number of amides is 1. The van der Waals surface area contributed by atoms with Gasteiger partial charge >= 0.3 is 5.97 Å². The number of aryl methyl sites for hydroxylation is 1. The van der Waals surface area contributed by atoms with Crippen molar-refractivity contribution in [1.29, 1.82) is 0 Å². The van der Waals surface area contributed by atoms with Crippen molar-refractivity contribution < 1.29 is 19.4 Å². The maximum atomic E-state index is 11.6. The Morgan fingerprint density at radius 2 is 1.59 bits per heavy atom. The van der Waals surface area contributed by atoms with Gasteiger partial charge in [-0.1, -0.05) is 48.5 Å². The van der Waals surface area contributed by atoms with Crippen LogP contribution < -0.4 is 10.1 Å². The molecule has 1 amide bonds. The number of hydrogen-bond donors (Lipinski definition) is 3. The second kappa shape index (κ2) is 9.99. The first kappa shape index (κ1) is 23.8. The minimum atomic E-state index is -0.993. The number of rotatable bonds is 7. The summed E-state index contributed by atoms with van der Waals surface area (Å²) in [6.07, 6.45) is 0. The number of nitrogens with zero attached hydrogens (tertiary/aromatic N) is 1. The summed E-state index contributed by atoms with van der Waals surface area (Å²) in [5.74, 6) is 0.271. The van der Waals surface area contributed by atoms with Crippen molar-refractivity contribution in [3.8, 4) is 28.3 Å². The van der Waals surface area contributed by atoms with Crippen LogP contribution in [-0.2, 0) is 11.4 Å². The van der Waals surface area contributed by atoms with Crippen molar-refractivity contribution in [3.05, 3.63) is 102 Å². The predicted molar refractivity (Wildman–Crippen MR) is 144 cm³/mol. The Balaban J connectivity index is 1.29.